The molecule has 30 heavy (non-hydrogen) atoms. The number of hydrogen-bond donors (Lipinski definition) is 2. The molecule has 1 saturated carbocycles. The van der Waals surface area contributed by atoms with Crippen molar-refractivity contribution in [2.75, 3.05) is 12.4 Å². The predicted octanol–water partition coefficient (Wildman–Crippen LogP) is 5.46. The number of anilines is 1. The highest BCUT2D eigenvalue weighted by atomic mass is 16.5. The van der Waals surface area contributed by atoms with Gasteiger partial charge in [0.15, 0.2) is 0 Å². The first-order chi connectivity index (χ1) is 14.6. The SMILES string of the molecule is COc1c(C(=O)Nc2ccc(C3CCC(C(=O)O)CC3)cc2)ccc2ccccc12. The van der Waals surface area contributed by atoms with Crippen LogP contribution in [0.1, 0.15) is 47.5 Å². The lowest BCUT2D eigenvalue weighted by molar-refractivity contribution is -0.142. The molecule has 0 unspecified atom stereocenters. The van der Waals surface area contributed by atoms with Crippen LogP contribution in [0.25, 0.3) is 10.8 Å². The third-order valence-corrected chi connectivity index (χ3v) is 6.04. The van der Waals surface area contributed by atoms with Gasteiger partial charge in [0.1, 0.15) is 5.75 Å². The number of carboxylic acid groups (broad SMARTS) is 1. The molecule has 0 spiro atoms. The summed E-state index contributed by atoms with van der Waals surface area (Å²) in [5.74, 6) is -0.164. The van der Waals surface area contributed by atoms with E-state index in [9.17, 15) is 9.59 Å². The Morgan fingerprint density at radius 2 is 1.63 bits per heavy atom. The minimum atomic E-state index is -0.685. The number of ether oxygens (including phenoxy) is 1. The number of nitrogens with one attached hydrogen (secondary N) is 1. The number of fused-ring (bicyclic) bond motifs is 1. The van der Waals surface area contributed by atoms with E-state index in [1.807, 2.05) is 54.6 Å². The molecular weight excluding hydrogens is 378 g/mol. The smallest absolute Gasteiger partial charge is 0.306 e. The standard InChI is InChI=1S/C25H25NO4/c1-30-23-21-5-3-2-4-18(21)12-15-22(23)24(27)26-20-13-10-17(11-14-20)16-6-8-19(9-7-16)25(28)29/h2-5,10-16,19H,6-9H2,1H3,(H,26,27)(H,28,29). The first-order valence-corrected chi connectivity index (χ1v) is 10.3. The van der Waals surface area contributed by atoms with E-state index in [-0.39, 0.29) is 11.8 Å². The van der Waals surface area contributed by atoms with Crippen molar-refractivity contribution >= 4 is 28.3 Å². The fraction of sp³-hybridized carbons (Fsp3) is 0.280. The van der Waals surface area contributed by atoms with Crippen molar-refractivity contribution in [3.8, 4) is 5.75 Å². The van der Waals surface area contributed by atoms with Crippen molar-refractivity contribution < 1.29 is 19.4 Å². The molecule has 1 aliphatic rings. The molecule has 0 heterocycles. The number of carboxylic acids is 1. The Bertz CT molecular complexity index is 1070. The second-order valence-corrected chi connectivity index (χ2v) is 7.83. The zero-order valence-electron chi connectivity index (χ0n) is 16.9. The summed E-state index contributed by atoms with van der Waals surface area (Å²) in [4.78, 5) is 24.0. The molecule has 1 aliphatic carbocycles. The molecule has 2 N–H and O–H groups in total. The summed E-state index contributed by atoms with van der Waals surface area (Å²) in [6, 6.07) is 19.4. The molecular formula is C25H25NO4. The van der Waals surface area contributed by atoms with Crippen LogP contribution in [0.2, 0.25) is 0 Å². The third kappa shape index (κ3) is 4.01. The van der Waals surface area contributed by atoms with Crippen molar-refractivity contribution in [1.29, 1.82) is 0 Å². The van der Waals surface area contributed by atoms with E-state index in [4.69, 9.17) is 9.84 Å². The van der Waals surface area contributed by atoms with Crippen molar-refractivity contribution in [2.24, 2.45) is 5.92 Å². The monoisotopic (exact) mass is 403 g/mol. The van der Waals surface area contributed by atoms with E-state index in [1.54, 1.807) is 13.2 Å². The van der Waals surface area contributed by atoms with Crippen LogP contribution in [-0.4, -0.2) is 24.1 Å². The Morgan fingerprint density at radius 3 is 2.30 bits per heavy atom. The van der Waals surface area contributed by atoms with Gasteiger partial charge in [0.25, 0.3) is 5.91 Å². The van der Waals surface area contributed by atoms with Gasteiger partial charge in [-0.2, -0.15) is 0 Å². The van der Waals surface area contributed by atoms with Gasteiger partial charge >= 0.3 is 5.97 Å². The fourth-order valence-electron chi connectivity index (χ4n) is 4.35. The van der Waals surface area contributed by atoms with Crippen LogP contribution in [0.3, 0.4) is 0 Å². The largest absolute Gasteiger partial charge is 0.495 e. The summed E-state index contributed by atoms with van der Waals surface area (Å²) < 4.78 is 5.54. The molecule has 0 bridgehead atoms. The lowest BCUT2D eigenvalue weighted by atomic mass is 9.79. The van der Waals surface area contributed by atoms with Gasteiger partial charge in [-0.1, -0.05) is 42.5 Å². The van der Waals surface area contributed by atoms with Gasteiger partial charge in [-0.15, -0.1) is 0 Å². The molecule has 3 aromatic rings. The van der Waals surface area contributed by atoms with Crippen LogP contribution in [-0.2, 0) is 4.79 Å². The maximum atomic E-state index is 12.9. The van der Waals surface area contributed by atoms with Gasteiger partial charge in [0.05, 0.1) is 18.6 Å². The maximum Gasteiger partial charge on any atom is 0.306 e. The van der Waals surface area contributed by atoms with Gasteiger partial charge in [-0.05, 0) is 60.7 Å². The summed E-state index contributed by atoms with van der Waals surface area (Å²) in [5.41, 5.74) is 2.41. The number of benzene rings is 3. The zero-order chi connectivity index (χ0) is 21.1. The van der Waals surface area contributed by atoms with E-state index in [1.165, 1.54) is 5.56 Å². The maximum absolute atomic E-state index is 12.9. The van der Waals surface area contributed by atoms with Gasteiger partial charge in [0.2, 0.25) is 0 Å². The first-order valence-electron chi connectivity index (χ1n) is 10.3. The number of hydrogen-bond acceptors (Lipinski definition) is 3. The van der Waals surface area contributed by atoms with Gasteiger partial charge in [0, 0.05) is 11.1 Å². The Labute approximate surface area is 175 Å². The minimum absolute atomic E-state index is 0.211. The number of amides is 1. The number of methoxy groups -OCH3 is 1. The van der Waals surface area contributed by atoms with Crippen LogP contribution in [0.5, 0.6) is 5.75 Å². The fourth-order valence-corrected chi connectivity index (χ4v) is 4.35. The number of aliphatic carboxylic acids is 1. The quantitative estimate of drug-likeness (QED) is 0.593. The molecule has 0 radical (unpaired) electrons. The molecule has 1 amide bonds. The lowest BCUT2D eigenvalue weighted by Crippen LogP contribution is -2.20. The number of carbonyl (C=O) groups is 2. The van der Waals surface area contributed by atoms with Crippen LogP contribution >= 0.6 is 0 Å². The second kappa shape index (κ2) is 8.57. The molecule has 1 fully saturated rings. The summed E-state index contributed by atoms with van der Waals surface area (Å²) in [6.45, 7) is 0. The highest BCUT2D eigenvalue weighted by molar-refractivity contribution is 6.10. The molecule has 154 valence electrons. The number of rotatable bonds is 5. The average Bonchev–Trinajstić information content (AvgIpc) is 2.78. The summed E-state index contributed by atoms with van der Waals surface area (Å²) in [7, 11) is 1.58. The van der Waals surface area contributed by atoms with Crippen LogP contribution in [0, 0.1) is 5.92 Å². The van der Waals surface area contributed by atoms with Crippen molar-refractivity contribution in [1.82, 2.24) is 0 Å². The zero-order valence-corrected chi connectivity index (χ0v) is 16.9. The van der Waals surface area contributed by atoms with E-state index < -0.39 is 5.97 Å². The molecule has 5 nitrogen and oxygen atoms in total. The van der Waals surface area contributed by atoms with Gasteiger partial charge in [-0.3, -0.25) is 9.59 Å². The molecule has 0 saturated heterocycles. The van der Waals surface area contributed by atoms with E-state index in [0.29, 0.717) is 17.2 Å². The molecule has 0 atom stereocenters. The average molecular weight is 403 g/mol. The lowest BCUT2D eigenvalue weighted by Gasteiger charge is -2.26. The Kier molecular flexibility index (Phi) is 5.70. The Balaban J connectivity index is 1.47. The highest BCUT2D eigenvalue weighted by Gasteiger charge is 2.26. The van der Waals surface area contributed by atoms with Crippen molar-refractivity contribution in [3.63, 3.8) is 0 Å². The molecule has 0 aliphatic heterocycles. The number of carbonyl (C=O) groups excluding carboxylic acids is 1. The Hall–Kier alpha value is -3.34. The third-order valence-electron chi connectivity index (χ3n) is 6.04. The molecule has 3 aromatic carbocycles. The summed E-state index contributed by atoms with van der Waals surface area (Å²) in [6.07, 6.45) is 3.22. The van der Waals surface area contributed by atoms with E-state index >= 15 is 0 Å². The van der Waals surface area contributed by atoms with Crippen LogP contribution in [0.4, 0.5) is 5.69 Å². The summed E-state index contributed by atoms with van der Waals surface area (Å²) in [5, 5.41) is 14.0. The topological polar surface area (TPSA) is 75.6 Å². The van der Waals surface area contributed by atoms with Crippen molar-refractivity contribution in [2.45, 2.75) is 31.6 Å². The molecule has 0 aromatic heterocycles. The minimum Gasteiger partial charge on any atom is -0.495 e. The van der Waals surface area contributed by atoms with Gasteiger partial charge < -0.3 is 15.2 Å². The van der Waals surface area contributed by atoms with E-state index in [2.05, 4.69) is 5.32 Å². The molecule has 5 heteroatoms. The predicted molar refractivity (Wildman–Crippen MR) is 117 cm³/mol. The normalized spacial score (nSPS) is 18.7. The van der Waals surface area contributed by atoms with Crippen LogP contribution in [0.15, 0.2) is 60.7 Å². The van der Waals surface area contributed by atoms with E-state index in [0.717, 1.165) is 42.1 Å². The van der Waals surface area contributed by atoms with Crippen LogP contribution < -0.4 is 10.1 Å². The summed E-state index contributed by atoms with van der Waals surface area (Å²) >= 11 is 0. The van der Waals surface area contributed by atoms with Crippen molar-refractivity contribution in [3.05, 3.63) is 71.8 Å². The first kappa shape index (κ1) is 20.0. The Morgan fingerprint density at radius 1 is 0.933 bits per heavy atom. The second-order valence-electron chi connectivity index (χ2n) is 7.83. The molecule has 4 rings (SSSR count). The van der Waals surface area contributed by atoms with Gasteiger partial charge in [-0.25, -0.2) is 0 Å². The highest BCUT2D eigenvalue weighted by Crippen LogP contribution is 2.36.